The third-order valence-electron chi connectivity index (χ3n) is 3.49. The number of carboxylic acid groups (broad SMARTS) is 1. The van der Waals surface area contributed by atoms with Crippen molar-refractivity contribution in [3.8, 4) is 0 Å². The predicted octanol–water partition coefficient (Wildman–Crippen LogP) is 3.81. The largest absolute Gasteiger partial charge is 0.481 e. The highest BCUT2D eigenvalue weighted by Crippen LogP contribution is 2.28. The number of benzene rings is 1. The Morgan fingerprint density at radius 2 is 1.94 bits per heavy atom. The van der Waals surface area contributed by atoms with Crippen molar-refractivity contribution >= 4 is 27.6 Å². The molecule has 0 aromatic heterocycles. The standard InChI is InChI=1S/C14H18BrNO2/c1-9-6-11(15)8-13(7-9)16-12-4-2-10(3-5-12)14(17)18/h6-8,10,12,16H,2-5H2,1H3,(H,17,18). The monoisotopic (exact) mass is 311 g/mol. The second-order valence-corrected chi connectivity index (χ2v) is 5.96. The van der Waals surface area contributed by atoms with Gasteiger partial charge in [0.15, 0.2) is 0 Å². The van der Waals surface area contributed by atoms with Gasteiger partial charge in [0.25, 0.3) is 0 Å². The molecule has 1 saturated carbocycles. The average Bonchev–Trinajstić information content (AvgIpc) is 2.28. The maximum absolute atomic E-state index is 10.9. The first-order valence-electron chi connectivity index (χ1n) is 6.31. The molecule has 1 aliphatic rings. The van der Waals surface area contributed by atoms with Crippen molar-refractivity contribution in [1.82, 2.24) is 0 Å². The Bertz CT molecular complexity index is 419. The summed E-state index contributed by atoms with van der Waals surface area (Å²) < 4.78 is 1.07. The van der Waals surface area contributed by atoms with E-state index >= 15 is 0 Å². The summed E-state index contributed by atoms with van der Waals surface area (Å²) in [5.74, 6) is -0.793. The quantitative estimate of drug-likeness (QED) is 0.892. The van der Waals surface area contributed by atoms with E-state index in [-0.39, 0.29) is 5.92 Å². The van der Waals surface area contributed by atoms with Crippen molar-refractivity contribution < 1.29 is 9.90 Å². The van der Waals surface area contributed by atoms with Gasteiger partial charge in [0.1, 0.15) is 0 Å². The zero-order valence-corrected chi connectivity index (χ0v) is 12.0. The van der Waals surface area contributed by atoms with Crippen LogP contribution in [0.5, 0.6) is 0 Å². The summed E-state index contributed by atoms with van der Waals surface area (Å²) in [5.41, 5.74) is 2.33. The fourth-order valence-electron chi connectivity index (χ4n) is 2.54. The fourth-order valence-corrected chi connectivity index (χ4v) is 3.15. The Balaban J connectivity index is 1.93. The first-order valence-corrected chi connectivity index (χ1v) is 7.10. The highest BCUT2D eigenvalue weighted by Gasteiger charge is 2.25. The lowest BCUT2D eigenvalue weighted by Gasteiger charge is -2.27. The van der Waals surface area contributed by atoms with Crippen LogP contribution in [-0.2, 0) is 4.79 Å². The van der Waals surface area contributed by atoms with Crippen LogP contribution in [0.25, 0.3) is 0 Å². The minimum absolute atomic E-state index is 0.146. The molecule has 1 fully saturated rings. The number of anilines is 1. The van der Waals surface area contributed by atoms with Crippen molar-refractivity contribution in [2.75, 3.05) is 5.32 Å². The number of rotatable bonds is 3. The SMILES string of the molecule is Cc1cc(Br)cc(NC2CCC(C(=O)O)CC2)c1. The molecule has 98 valence electrons. The van der Waals surface area contributed by atoms with E-state index in [1.807, 2.05) is 0 Å². The Kier molecular flexibility index (Phi) is 4.27. The van der Waals surface area contributed by atoms with Gasteiger partial charge in [-0.15, -0.1) is 0 Å². The van der Waals surface area contributed by atoms with Gasteiger partial charge < -0.3 is 10.4 Å². The van der Waals surface area contributed by atoms with E-state index in [4.69, 9.17) is 5.11 Å². The van der Waals surface area contributed by atoms with E-state index in [2.05, 4.69) is 46.4 Å². The van der Waals surface area contributed by atoms with Crippen LogP contribution in [-0.4, -0.2) is 17.1 Å². The fraction of sp³-hybridized carbons (Fsp3) is 0.500. The van der Waals surface area contributed by atoms with Crippen LogP contribution >= 0.6 is 15.9 Å². The molecule has 1 aromatic rings. The van der Waals surface area contributed by atoms with E-state index in [1.54, 1.807) is 0 Å². The number of aliphatic carboxylic acids is 1. The van der Waals surface area contributed by atoms with Gasteiger partial charge in [-0.05, 0) is 56.4 Å². The molecule has 0 saturated heterocycles. The molecule has 1 aromatic carbocycles. The van der Waals surface area contributed by atoms with Crippen molar-refractivity contribution in [3.63, 3.8) is 0 Å². The molecule has 3 nitrogen and oxygen atoms in total. The maximum atomic E-state index is 10.9. The number of carboxylic acids is 1. The van der Waals surface area contributed by atoms with Crippen LogP contribution in [0.15, 0.2) is 22.7 Å². The molecule has 2 N–H and O–H groups in total. The van der Waals surface area contributed by atoms with Crippen LogP contribution in [0.4, 0.5) is 5.69 Å². The highest BCUT2D eigenvalue weighted by atomic mass is 79.9. The summed E-state index contributed by atoms with van der Waals surface area (Å²) in [6.45, 7) is 2.07. The highest BCUT2D eigenvalue weighted by molar-refractivity contribution is 9.10. The molecule has 4 heteroatoms. The molecule has 0 amide bonds. The Hall–Kier alpha value is -1.03. The minimum atomic E-state index is -0.647. The van der Waals surface area contributed by atoms with Crippen LogP contribution in [0.2, 0.25) is 0 Å². The van der Waals surface area contributed by atoms with Gasteiger partial charge in [-0.1, -0.05) is 15.9 Å². The van der Waals surface area contributed by atoms with Crippen LogP contribution in [0.1, 0.15) is 31.2 Å². The lowest BCUT2D eigenvalue weighted by molar-refractivity contribution is -0.142. The molecule has 0 radical (unpaired) electrons. The van der Waals surface area contributed by atoms with Crippen LogP contribution < -0.4 is 5.32 Å². The third-order valence-corrected chi connectivity index (χ3v) is 3.95. The molecular formula is C14H18BrNO2. The smallest absolute Gasteiger partial charge is 0.306 e. The van der Waals surface area contributed by atoms with Gasteiger partial charge in [-0.25, -0.2) is 0 Å². The van der Waals surface area contributed by atoms with Crippen molar-refractivity contribution in [2.45, 2.75) is 38.6 Å². The summed E-state index contributed by atoms with van der Waals surface area (Å²) in [7, 11) is 0. The number of hydrogen-bond acceptors (Lipinski definition) is 2. The van der Waals surface area contributed by atoms with Crippen LogP contribution in [0.3, 0.4) is 0 Å². The van der Waals surface area contributed by atoms with Gasteiger partial charge in [-0.2, -0.15) is 0 Å². The molecule has 0 atom stereocenters. The number of aryl methyl sites for hydroxylation is 1. The molecule has 0 heterocycles. The molecular weight excluding hydrogens is 294 g/mol. The number of hydrogen-bond donors (Lipinski definition) is 2. The second-order valence-electron chi connectivity index (χ2n) is 5.05. The van der Waals surface area contributed by atoms with Crippen molar-refractivity contribution in [3.05, 3.63) is 28.2 Å². The van der Waals surface area contributed by atoms with Crippen molar-refractivity contribution in [1.29, 1.82) is 0 Å². The molecule has 0 unspecified atom stereocenters. The van der Waals surface area contributed by atoms with E-state index in [0.29, 0.717) is 6.04 Å². The number of nitrogens with one attached hydrogen (secondary N) is 1. The molecule has 0 bridgehead atoms. The molecule has 2 rings (SSSR count). The number of carbonyl (C=O) groups is 1. The Morgan fingerprint density at radius 3 is 2.50 bits per heavy atom. The molecule has 18 heavy (non-hydrogen) atoms. The van der Waals surface area contributed by atoms with Gasteiger partial charge in [0.2, 0.25) is 0 Å². The molecule has 1 aliphatic carbocycles. The van der Waals surface area contributed by atoms with Crippen LogP contribution in [0, 0.1) is 12.8 Å². The van der Waals surface area contributed by atoms with E-state index in [9.17, 15) is 4.79 Å². The first kappa shape index (κ1) is 13.4. The summed E-state index contributed by atoms with van der Waals surface area (Å²) in [6.07, 6.45) is 3.42. The van der Waals surface area contributed by atoms with Crippen molar-refractivity contribution in [2.24, 2.45) is 5.92 Å². The zero-order valence-electron chi connectivity index (χ0n) is 10.4. The Labute approximate surface area is 116 Å². The topological polar surface area (TPSA) is 49.3 Å². The minimum Gasteiger partial charge on any atom is -0.481 e. The summed E-state index contributed by atoms with van der Waals surface area (Å²) in [6, 6.07) is 6.66. The maximum Gasteiger partial charge on any atom is 0.306 e. The van der Waals surface area contributed by atoms with E-state index < -0.39 is 5.97 Å². The van der Waals surface area contributed by atoms with Gasteiger partial charge in [-0.3, -0.25) is 4.79 Å². The van der Waals surface area contributed by atoms with Gasteiger partial charge >= 0.3 is 5.97 Å². The lowest BCUT2D eigenvalue weighted by Crippen LogP contribution is -2.29. The third kappa shape index (κ3) is 3.48. The van der Waals surface area contributed by atoms with E-state index in [1.165, 1.54) is 5.56 Å². The lowest BCUT2D eigenvalue weighted by atomic mass is 9.86. The van der Waals surface area contributed by atoms with Gasteiger partial charge in [0, 0.05) is 16.2 Å². The summed E-state index contributed by atoms with van der Waals surface area (Å²) in [4.78, 5) is 10.9. The predicted molar refractivity (Wildman–Crippen MR) is 75.9 cm³/mol. The first-order chi connectivity index (χ1) is 8.54. The zero-order chi connectivity index (χ0) is 13.1. The second kappa shape index (κ2) is 5.74. The number of halogens is 1. The Morgan fingerprint density at radius 1 is 1.28 bits per heavy atom. The molecule has 0 spiro atoms. The van der Waals surface area contributed by atoms with Gasteiger partial charge in [0.05, 0.1) is 5.92 Å². The normalized spacial score (nSPS) is 23.7. The summed E-state index contributed by atoms with van der Waals surface area (Å²) >= 11 is 3.49. The summed E-state index contributed by atoms with van der Waals surface area (Å²) in [5, 5.41) is 12.5. The average molecular weight is 312 g/mol. The molecule has 0 aliphatic heterocycles. The van der Waals surface area contributed by atoms with E-state index in [0.717, 1.165) is 35.8 Å².